The Hall–Kier alpha value is -1.93. The lowest BCUT2D eigenvalue weighted by Crippen LogP contribution is -2.27. The van der Waals surface area contributed by atoms with E-state index in [1.807, 2.05) is 52.0 Å². The van der Waals surface area contributed by atoms with Gasteiger partial charge < -0.3 is 10.6 Å². The van der Waals surface area contributed by atoms with E-state index in [9.17, 15) is 9.59 Å². The van der Waals surface area contributed by atoms with Crippen molar-refractivity contribution in [3.8, 4) is 0 Å². The lowest BCUT2D eigenvalue weighted by molar-refractivity contribution is -0.123. The molecule has 0 aliphatic heterocycles. The maximum absolute atomic E-state index is 12.0. The number of carbonyl (C=O) groups excluding carboxylic acids is 2. The van der Waals surface area contributed by atoms with Crippen molar-refractivity contribution in [2.24, 2.45) is 5.41 Å². The van der Waals surface area contributed by atoms with Crippen molar-refractivity contribution in [2.75, 3.05) is 16.4 Å². The molecule has 0 saturated heterocycles. The summed E-state index contributed by atoms with van der Waals surface area (Å²) in [5.74, 6) is 0.00367. The Morgan fingerprint density at radius 2 is 1.96 bits per heavy atom. The number of aryl methyl sites for hydroxylation is 1. The summed E-state index contributed by atoms with van der Waals surface area (Å²) < 4.78 is 0.638. The molecule has 1 aromatic carbocycles. The molecule has 0 bridgehead atoms. The van der Waals surface area contributed by atoms with Crippen LogP contribution < -0.4 is 10.6 Å². The first kappa shape index (κ1) is 18.4. The van der Waals surface area contributed by atoms with Crippen LogP contribution in [0, 0.1) is 12.3 Å². The number of anilines is 2. The molecule has 0 fully saturated rings. The minimum absolute atomic E-state index is 0.110. The van der Waals surface area contributed by atoms with Gasteiger partial charge in [0.05, 0.1) is 5.75 Å². The third kappa shape index (κ3) is 5.61. The fourth-order valence-corrected chi connectivity index (χ4v) is 3.20. The molecular formula is C16H20N4O2S2. The highest BCUT2D eigenvalue weighted by Crippen LogP contribution is 2.27. The lowest BCUT2D eigenvalue weighted by Gasteiger charge is -2.15. The SMILES string of the molecule is Cc1cccc(NC(=O)CSc2nnc(NC(=O)C(C)(C)C)s2)c1. The molecule has 0 aliphatic rings. The number of nitrogens with one attached hydrogen (secondary N) is 2. The molecule has 2 aromatic rings. The topological polar surface area (TPSA) is 84.0 Å². The standard InChI is InChI=1S/C16H20N4O2S2/c1-10-6-5-7-11(8-10)17-12(21)9-23-15-20-19-14(24-15)18-13(22)16(2,3)4/h5-8H,9H2,1-4H3,(H,17,21)(H,18,19,22). The Bertz CT molecular complexity index is 738. The van der Waals surface area contributed by atoms with Gasteiger partial charge in [0, 0.05) is 11.1 Å². The van der Waals surface area contributed by atoms with Gasteiger partial charge in [-0.1, -0.05) is 56.0 Å². The van der Waals surface area contributed by atoms with E-state index in [1.54, 1.807) is 0 Å². The lowest BCUT2D eigenvalue weighted by atomic mass is 9.96. The number of rotatable bonds is 5. The molecule has 24 heavy (non-hydrogen) atoms. The minimum atomic E-state index is -0.493. The van der Waals surface area contributed by atoms with Crippen molar-refractivity contribution >= 4 is 45.7 Å². The summed E-state index contributed by atoms with van der Waals surface area (Å²) >= 11 is 2.55. The van der Waals surface area contributed by atoms with E-state index in [4.69, 9.17) is 0 Å². The number of hydrogen-bond donors (Lipinski definition) is 2. The second-order valence-corrected chi connectivity index (χ2v) is 8.48. The molecule has 0 radical (unpaired) electrons. The predicted molar refractivity (Wildman–Crippen MR) is 98.5 cm³/mol. The summed E-state index contributed by atoms with van der Waals surface area (Å²) in [6.07, 6.45) is 0. The first-order chi connectivity index (χ1) is 11.2. The van der Waals surface area contributed by atoms with Crippen LogP contribution in [-0.4, -0.2) is 27.8 Å². The van der Waals surface area contributed by atoms with Crippen LogP contribution in [0.1, 0.15) is 26.3 Å². The van der Waals surface area contributed by atoms with Gasteiger partial charge in [0.2, 0.25) is 16.9 Å². The van der Waals surface area contributed by atoms with Crippen molar-refractivity contribution in [1.29, 1.82) is 0 Å². The normalized spacial score (nSPS) is 11.2. The van der Waals surface area contributed by atoms with Gasteiger partial charge in [0.1, 0.15) is 0 Å². The monoisotopic (exact) mass is 364 g/mol. The van der Waals surface area contributed by atoms with Crippen LogP contribution in [0.25, 0.3) is 0 Å². The smallest absolute Gasteiger partial charge is 0.234 e. The van der Waals surface area contributed by atoms with Gasteiger partial charge in [0.15, 0.2) is 4.34 Å². The summed E-state index contributed by atoms with van der Waals surface area (Å²) in [6, 6.07) is 7.63. The molecule has 1 aromatic heterocycles. The number of benzene rings is 1. The van der Waals surface area contributed by atoms with Gasteiger partial charge in [0.25, 0.3) is 0 Å². The molecule has 0 aliphatic carbocycles. The third-order valence-corrected chi connectivity index (χ3v) is 4.91. The maximum Gasteiger partial charge on any atom is 0.234 e. The predicted octanol–water partition coefficient (Wildman–Crippen LogP) is 3.56. The Morgan fingerprint density at radius 1 is 1.21 bits per heavy atom. The molecule has 0 atom stereocenters. The maximum atomic E-state index is 12.0. The number of nitrogens with zero attached hydrogens (tertiary/aromatic N) is 2. The number of aromatic nitrogens is 2. The van der Waals surface area contributed by atoms with E-state index in [0.717, 1.165) is 11.3 Å². The first-order valence-corrected chi connectivity index (χ1v) is 9.18. The van der Waals surface area contributed by atoms with Crippen LogP contribution >= 0.6 is 23.1 Å². The Morgan fingerprint density at radius 3 is 2.62 bits per heavy atom. The molecule has 0 saturated carbocycles. The van der Waals surface area contributed by atoms with Crippen molar-refractivity contribution < 1.29 is 9.59 Å². The molecule has 8 heteroatoms. The second kappa shape index (κ2) is 7.76. The fraction of sp³-hybridized carbons (Fsp3) is 0.375. The van der Waals surface area contributed by atoms with E-state index in [-0.39, 0.29) is 17.6 Å². The van der Waals surface area contributed by atoms with Crippen LogP contribution in [0.5, 0.6) is 0 Å². The van der Waals surface area contributed by atoms with Crippen LogP contribution in [0.3, 0.4) is 0 Å². The first-order valence-electron chi connectivity index (χ1n) is 7.38. The van der Waals surface area contributed by atoms with Gasteiger partial charge in [-0.3, -0.25) is 9.59 Å². The van der Waals surface area contributed by atoms with Crippen LogP contribution in [0.4, 0.5) is 10.8 Å². The third-order valence-electron chi connectivity index (χ3n) is 2.94. The summed E-state index contributed by atoms with van der Waals surface area (Å²) in [5.41, 5.74) is 1.37. The Labute approximate surface area is 149 Å². The number of amides is 2. The van der Waals surface area contributed by atoms with E-state index >= 15 is 0 Å². The summed E-state index contributed by atoms with van der Waals surface area (Å²) in [4.78, 5) is 23.9. The Balaban J connectivity index is 1.84. The number of thioether (sulfide) groups is 1. The average Bonchev–Trinajstić information content (AvgIpc) is 2.92. The molecule has 128 valence electrons. The molecule has 1 heterocycles. The van der Waals surface area contributed by atoms with Gasteiger partial charge in [-0.15, -0.1) is 10.2 Å². The van der Waals surface area contributed by atoms with Crippen molar-refractivity contribution in [3.63, 3.8) is 0 Å². The van der Waals surface area contributed by atoms with Crippen molar-refractivity contribution in [3.05, 3.63) is 29.8 Å². The number of hydrogen-bond acceptors (Lipinski definition) is 6. The van der Waals surface area contributed by atoms with Gasteiger partial charge in [-0.25, -0.2) is 0 Å². The summed E-state index contributed by atoms with van der Waals surface area (Å²) in [6.45, 7) is 7.46. The minimum Gasteiger partial charge on any atom is -0.325 e. The van der Waals surface area contributed by atoms with Crippen molar-refractivity contribution in [1.82, 2.24) is 10.2 Å². The molecule has 0 unspecified atom stereocenters. The van der Waals surface area contributed by atoms with E-state index in [2.05, 4.69) is 20.8 Å². The number of carbonyl (C=O) groups is 2. The van der Waals surface area contributed by atoms with Gasteiger partial charge in [-0.2, -0.15) is 0 Å². The highest BCUT2D eigenvalue weighted by Gasteiger charge is 2.22. The van der Waals surface area contributed by atoms with E-state index in [0.29, 0.717) is 9.47 Å². The largest absolute Gasteiger partial charge is 0.325 e. The van der Waals surface area contributed by atoms with E-state index < -0.39 is 5.41 Å². The molecular weight excluding hydrogens is 344 g/mol. The zero-order valence-corrected chi connectivity index (χ0v) is 15.7. The average molecular weight is 364 g/mol. The fourth-order valence-electron chi connectivity index (χ4n) is 1.65. The Kier molecular flexibility index (Phi) is 5.95. The van der Waals surface area contributed by atoms with Gasteiger partial charge in [-0.05, 0) is 24.6 Å². The summed E-state index contributed by atoms with van der Waals surface area (Å²) in [5, 5.41) is 13.9. The highest BCUT2D eigenvalue weighted by molar-refractivity contribution is 8.01. The summed E-state index contributed by atoms with van der Waals surface area (Å²) in [7, 11) is 0. The highest BCUT2D eigenvalue weighted by atomic mass is 32.2. The van der Waals surface area contributed by atoms with E-state index in [1.165, 1.54) is 23.1 Å². The van der Waals surface area contributed by atoms with Crippen molar-refractivity contribution in [2.45, 2.75) is 32.0 Å². The molecule has 2 amide bonds. The van der Waals surface area contributed by atoms with Crippen LogP contribution in [-0.2, 0) is 9.59 Å². The zero-order chi connectivity index (χ0) is 17.7. The second-order valence-electron chi connectivity index (χ2n) is 6.28. The molecule has 2 rings (SSSR count). The quantitative estimate of drug-likeness (QED) is 0.626. The molecule has 0 spiro atoms. The molecule has 6 nitrogen and oxygen atoms in total. The zero-order valence-electron chi connectivity index (χ0n) is 14.0. The van der Waals surface area contributed by atoms with Gasteiger partial charge >= 0.3 is 0 Å². The van der Waals surface area contributed by atoms with Crippen LogP contribution in [0.2, 0.25) is 0 Å². The van der Waals surface area contributed by atoms with Crippen LogP contribution in [0.15, 0.2) is 28.6 Å². The molecule has 2 N–H and O–H groups in total.